The predicted molar refractivity (Wildman–Crippen MR) is 124 cm³/mol. The molecule has 0 atom stereocenters. The summed E-state index contributed by atoms with van der Waals surface area (Å²) in [6.07, 6.45) is 0. The highest BCUT2D eigenvalue weighted by atomic mass is 35.5. The maximum absolute atomic E-state index is 12.8. The van der Waals surface area contributed by atoms with Crippen molar-refractivity contribution in [2.45, 2.75) is 20.4 Å². The molecule has 0 fully saturated rings. The van der Waals surface area contributed by atoms with Crippen molar-refractivity contribution in [1.82, 2.24) is 25.6 Å². The zero-order chi connectivity index (χ0) is 22.8. The number of hydrazine groups is 1. The van der Waals surface area contributed by atoms with Gasteiger partial charge in [-0.05, 0) is 32.0 Å². The molecular weight excluding hydrogens is 450 g/mol. The van der Waals surface area contributed by atoms with Crippen LogP contribution in [0.3, 0.4) is 0 Å². The second-order valence-electron chi connectivity index (χ2n) is 6.86. The van der Waals surface area contributed by atoms with E-state index in [-0.39, 0.29) is 11.3 Å². The lowest BCUT2D eigenvalue weighted by molar-refractivity contribution is 0.0845. The van der Waals surface area contributed by atoms with Crippen LogP contribution < -0.4 is 16.4 Å². The Morgan fingerprint density at radius 1 is 1.03 bits per heavy atom. The van der Waals surface area contributed by atoms with Crippen LogP contribution in [0, 0.1) is 6.92 Å². The van der Waals surface area contributed by atoms with Crippen molar-refractivity contribution < 1.29 is 9.59 Å². The minimum atomic E-state index is -0.628. The number of fused-ring (bicyclic) bond motifs is 1. The molecule has 4 aromatic rings. The lowest BCUT2D eigenvalue weighted by Crippen LogP contribution is -2.42. The molecule has 0 spiro atoms. The van der Waals surface area contributed by atoms with Crippen molar-refractivity contribution in [2.75, 3.05) is 0 Å². The van der Waals surface area contributed by atoms with E-state index in [4.69, 9.17) is 11.6 Å². The van der Waals surface area contributed by atoms with Crippen LogP contribution in [-0.2, 0) is 6.54 Å². The van der Waals surface area contributed by atoms with E-state index < -0.39 is 11.8 Å². The molecule has 32 heavy (non-hydrogen) atoms. The summed E-state index contributed by atoms with van der Waals surface area (Å²) in [6.45, 7) is 3.79. The molecule has 0 aliphatic carbocycles. The Morgan fingerprint density at radius 3 is 2.38 bits per heavy atom. The number of rotatable bonds is 4. The maximum atomic E-state index is 12.8. The summed E-state index contributed by atoms with van der Waals surface area (Å²) >= 11 is 7.13. The molecule has 10 heteroatoms. The number of benzene rings is 2. The molecule has 0 unspecified atom stereocenters. The van der Waals surface area contributed by atoms with E-state index in [2.05, 4.69) is 20.9 Å². The molecule has 0 bridgehead atoms. The van der Waals surface area contributed by atoms with Crippen LogP contribution in [0.5, 0.6) is 0 Å². The van der Waals surface area contributed by atoms with Gasteiger partial charge in [0.05, 0.1) is 11.1 Å². The number of nitrogens with zero attached hydrogens (tertiary/aromatic N) is 3. The largest absolute Gasteiger partial charge is 0.290 e. The van der Waals surface area contributed by atoms with Crippen molar-refractivity contribution in [3.8, 4) is 10.6 Å². The highest BCUT2D eigenvalue weighted by Gasteiger charge is 2.20. The van der Waals surface area contributed by atoms with Gasteiger partial charge in [0.15, 0.2) is 5.69 Å². The molecule has 2 aromatic carbocycles. The SMILES string of the molecule is CCn1nc(C(=O)NNC(=O)c2sc(-c3ccc(Cl)cc3)nc2C)c2ccccc2c1=O. The summed E-state index contributed by atoms with van der Waals surface area (Å²) in [4.78, 5) is 42.7. The van der Waals surface area contributed by atoms with Crippen LogP contribution >= 0.6 is 22.9 Å². The number of aromatic nitrogens is 3. The number of aryl methyl sites for hydroxylation is 2. The zero-order valence-corrected chi connectivity index (χ0v) is 18.8. The molecule has 2 amide bonds. The first kappa shape index (κ1) is 21.7. The van der Waals surface area contributed by atoms with E-state index in [9.17, 15) is 14.4 Å². The van der Waals surface area contributed by atoms with E-state index in [1.807, 2.05) is 12.1 Å². The first-order valence-electron chi connectivity index (χ1n) is 9.73. The summed E-state index contributed by atoms with van der Waals surface area (Å²) in [5, 5.41) is 6.22. The number of hydrogen-bond donors (Lipinski definition) is 2. The number of halogens is 1. The topological polar surface area (TPSA) is 106 Å². The zero-order valence-electron chi connectivity index (χ0n) is 17.2. The molecule has 0 aliphatic heterocycles. The van der Waals surface area contributed by atoms with Crippen LogP contribution in [0.25, 0.3) is 21.3 Å². The second kappa shape index (κ2) is 8.89. The number of carbonyl (C=O) groups excluding carboxylic acids is 2. The number of nitrogens with one attached hydrogen (secondary N) is 2. The molecule has 2 N–H and O–H groups in total. The quantitative estimate of drug-likeness (QED) is 0.446. The van der Waals surface area contributed by atoms with Gasteiger partial charge in [-0.2, -0.15) is 5.10 Å². The number of carbonyl (C=O) groups is 2. The van der Waals surface area contributed by atoms with Gasteiger partial charge in [-0.25, -0.2) is 9.67 Å². The summed E-state index contributed by atoms with van der Waals surface area (Å²) in [5.41, 5.74) is 5.94. The summed E-state index contributed by atoms with van der Waals surface area (Å²) in [7, 11) is 0. The van der Waals surface area contributed by atoms with Gasteiger partial charge in [-0.15, -0.1) is 11.3 Å². The highest BCUT2D eigenvalue weighted by molar-refractivity contribution is 7.17. The lowest BCUT2D eigenvalue weighted by Gasteiger charge is -2.10. The third kappa shape index (κ3) is 4.12. The van der Waals surface area contributed by atoms with Gasteiger partial charge in [0, 0.05) is 22.5 Å². The number of hydrogen-bond acceptors (Lipinski definition) is 6. The fourth-order valence-corrected chi connectivity index (χ4v) is 4.26. The van der Waals surface area contributed by atoms with Crippen molar-refractivity contribution in [1.29, 1.82) is 0 Å². The van der Waals surface area contributed by atoms with Crippen LogP contribution in [0.1, 0.15) is 32.8 Å². The third-order valence-corrected chi connectivity index (χ3v) is 6.22. The molecule has 2 heterocycles. The lowest BCUT2D eigenvalue weighted by atomic mass is 10.1. The van der Waals surface area contributed by atoms with Gasteiger partial charge in [0.1, 0.15) is 9.88 Å². The van der Waals surface area contributed by atoms with Gasteiger partial charge < -0.3 is 0 Å². The minimum Gasteiger partial charge on any atom is -0.267 e. The monoisotopic (exact) mass is 467 g/mol. The Kier molecular flexibility index (Phi) is 6.02. The maximum Gasteiger partial charge on any atom is 0.290 e. The van der Waals surface area contributed by atoms with Crippen LogP contribution in [-0.4, -0.2) is 26.6 Å². The molecule has 0 saturated heterocycles. The van der Waals surface area contributed by atoms with E-state index in [1.165, 1.54) is 16.0 Å². The summed E-state index contributed by atoms with van der Waals surface area (Å²) < 4.78 is 1.21. The molecule has 2 aromatic heterocycles. The fourth-order valence-electron chi connectivity index (χ4n) is 3.17. The summed E-state index contributed by atoms with van der Waals surface area (Å²) in [6, 6.07) is 13.9. The number of amides is 2. The molecule has 162 valence electrons. The first-order chi connectivity index (χ1) is 15.4. The Bertz CT molecular complexity index is 1400. The fraction of sp³-hybridized carbons (Fsp3) is 0.136. The first-order valence-corrected chi connectivity index (χ1v) is 10.9. The normalized spacial score (nSPS) is 10.8. The number of thiazole rings is 1. The standard InChI is InChI=1S/C22H18ClN5O3S/c1-3-28-22(31)16-7-5-4-6-15(16)17(27-28)19(29)25-26-20(30)18-12(2)24-21(32-18)13-8-10-14(23)11-9-13/h4-11H,3H2,1-2H3,(H,25,29)(H,26,30). The highest BCUT2D eigenvalue weighted by Crippen LogP contribution is 2.28. The van der Waals surface area contributed by atoms with Gasteiger partial charge in [-0.1, -0.05) is 41.9 Å². The second-order valence-corrected chi connectivity index (χ2v) is 8.30. The average Bonchev–Trinajstić information content (AvgIpc) is 3.20. The van der Waals surface area contributed by atoms with Gasteiger partial charge >= 0.3 is 0 Å². The smallest absolute Gasteiger partial charge is 0.267 e. The van der Waals surface area contributed by atoms with Crippen molar-refractivity contribution in [3.05, 3.63) is 80.2 Å². The van der Waals surface area contributed by atoms with Crippen LogP contribution in [0.15, 0.2) is 53.3 Å². The van der Waals surface area contributed by atoms with Crippen molar-refractivity contribution in [2.24, 2.45) is 0 Å². The molecular formula is C22H18ClN5O3S. The van der Waals surface area contributed by atoms with E-state index in [0.717, 1.165) is 5.56 Å². The molecule has 4 rings (SSSR count). The van der Waals surface area contributed by atoms with Gasteiger partial charge in [0.2, 0.25) is 0 Å². The van der Waals surface area contributed by atoms with Gasteiger partial charge in [-0.3, -0.25) is 25.2 Å². The minimum absolute atomic E-state index is 0.0465. The third-order valence-electron chi connectivity index (χ3n) is 4.77. The Morgan fingerprint density at radius 2 is 1.69 bits per heavy atom. The van der Waals surface area contributed by atoms with Crippen LogP contribution in [0.2, 0.25) is 5.02 Å². The van der Waals surface area contributed by atoms with E-state index in [0.29, 0.717) is 37.9 Å². The van der Waals surface area contributed by atoms with Gasteiger partial charge in [0.25, 0.3) is 17.4 Å². The average molecular weight is 468 g/mol. The molecule has 0 saturated carbocycles. The summed E-state index contributed by atoms with van der Waals surface area (Å²) in [5.74, 6) is -1.13. The van der Waals surface area contributed by atoms with Crippen LogP contribution in [0.4, 0.5) is 0 Å². The molecule has 0 aliphatic rings. The van der Waals surface area contributed by atoms with E-state index >= 15 is 0 Å². The van der Waals surface area contributed by atoms with Crippen molar-refractivity contribution in [3.63, 3.8) is 0 Å². The van der Waals surface area contributed by atoms with E-state index in [1.54, 1.807) is 50.2 Å². The molecule has 8 nitrogen and oxygen atoms in total. The Labute approximate surface area is 191 Å². The predicted octanol–water partition coefficient (Wildman–Crippen LogP) is 3.58. The Hall–Kier alpha value is -3.56. The molecule has 0 radical (unpaired) electrons. The van der Waals surface area contributed by atoms with Crippen molar-refractivity contribution >= 4 is 45.5 Å². The Balaban J connectivity index is 1.55.